The van der Waals surface area contributed by atoms with Crippen LogP contribution >= 0.6 is 23.5 Å². The molecule has 1 fully saturated rings. The summed E-state index contributed by atoms with van der Waals surface area (Å²) in [5.41, 5.74) is 4.15. The minimum absolute atomic E-state index is 0.0684. The van der Waals surface area contributed by atoms with Crippen LogP contribution in [0.1, 0.15) is 60.5 Å². The van der Waals surface area contributed by atoms with Crippen LogP contribution in [0, 0.1) is 17.8 Å². The number of allylic oxidation sites excluding steroid dienone is 1. The number of aliphatic hydroxyl groups is 1. The standard InChI is InChI=1S/C31H37ClN2O3S/c1-20-4-2-6-28(35)25-10-7-23(25)16-34-18-31(13-3-5-21-14-24(32)9-11-26(21)31)19-37-29-12-8-22(15-27(29)34)30(36)33-38-17-20/h2,6,8-9,11-12,14-15,20,23,25,28,35H,3-5,7,10,13,16-19H2,1H3,(H,33,36)/b6-2+/t20-,23+,25-,28+,31+/m1/s1. The van der Waals surface area contributed by atoms with Gasteiger partial charge in [-0.1, -0.05) is 36.7 Å². The normalized spacial score (nSPS) is 32.2. The molecule has 0 radical (unpaired) electrons. The third-order valence-corrected chi connectivity index (χ3v) is 10.4. The Morgan fingerprint density at radius 1 is 1.21 bits per heavy atom. The largest absolute Gasteiger partial charge is 0.490 e. The topological polar surface area (TPSA) is 61.8 Å². The first-order valence-corrected chi connectivity index (χ1v) is 15.4. The number of benzene rings is 2. The number of nitrogens with zero attached hydrogens (tertiary/aromatic N) is 1. The van der Waals surface area contributed by atoms with Crippen LogP contribution in [0.15, 0.2) is 48.6 Å². The summed E-state index contributed by atoms with van der Waals surface area (Å²) in [4.78, 5) is 15.6. The Hall–Kier alpha value is -2.15. The molecule has 202 valence electrons. The van der Waals surface area contributed by atoms with Crippen molar-refractivity contribution in [3.05, 3.63) is 70.3 Å². The van der Waals surface area contributed by atoms with Crippen molar-refractivity contribution < 1.29 is 14.6 Å². The van der Waals surface area contributed by atoms with Crippen molar-refractivity contribution in [2.45, 2.75) is 57.0 Å². The van der Waals surface area contributed by atoms with Crippen molar-refractivity contribution in [2.24, 2.45) is 17.8 Å². The summed E-state index contributed by atoms with van der Waals surface area (Å²) in [6, 6.07) is 12.2. The number of aliphatic hydroxyl groups excluding tert-OH is 1. The summed E-state index contributed by atoms with van der Waals surface area (Å²) in [6.07, 6.45) is 9.94. The number of carbonyl (C=O) groups excluding carboxylic acids is 1. The Labute approximate surface area is 235 Å². The Morgan fingerprint density at radius 3 is 2.95 bits per heavy atom. The van der Waals surface area contributed by atoms with Gasteiger partial charge in [0.25, 0.3) is 5.91 Å². The van der Waals surface area contributed by atoms with Gasteiger partial charge in [0.15, 0.2) is 0 Å². The van der Waals surface area contributed by atoms with Crippen molar-refractivity contribution in [2.75, 3.05) is 30.3 Å². The van der Waals surface area contributed by atoms with Gasteiger partial charge in [-0.3, -0.25) is 9.52 Å². The number of nitrogens with one attached hydrogen (secondary N) is 1. The fourth-order valence-electron chi connectivity index (χ4n) is 6.78. The third-order valence-electron chi connectivity index (χ3n) is 9.07. The minimum atomic E-state index is -0.415. The molecule has 2 bridgehead atoms. The van der Waals surface area contributed by atoms with E-state index in [0.29, 0.717) is 24.0 Å². The first kappa shape index (κ1) is 26.1. The van der Waals surface area contributed by atoms with Crippen LogP contribution in [-0.4, -0.2) is 42.6 Å². The molecule has 5 nitrogen and oxygen atoms in total. The predicted molar refractivity (Wildman–Crippen MR) is 155 cm³/mol. The molecular formula is C31H37ClN2O3S. The van der Waals surface area contributed by atoms with Crippen LogP contribution in [0.3, 0.4) is 0 Å². The van der Waals surface area contributed by atoms with Gasteiger partial charge in [0.05, 0.1) is 18.4 Å². The fourth-order valence-corrected chi connectivity index (χ4v) is 7.73. The molecule has 2 aromatic carbocycles. The predicted octanol–water partition coefficient (Wildman–Crippen LogP) is 6.17. The fraction of sp³-hybridized carbons (Fsp3) is 0.516. The maximum Gasteiger partial charge on any atom is 0.261 e. The molecule has 1 saturated carbocycles. The number of anilines is 1. The highest BCUT2D eigenvalue weighted by Gasteiger charge is 2.44. The van der Waals surface area contributed by atoms with E-state index >= 15 is 0 Å². The summed E-state index contributed by atoms with van der Waals surface area (Å²) in [6.45, 7) is 4.44. The zero-order chi connectivity index (χ0) is 26.3. The number of hydrogen-bond donors (Lipinski definition) is 2. The van der Waals surface area contributed by atoms with E-state index in [1.54, 1.807) is 0 Å². The lowest BCUT2D eigenvalue weighted by Gasteiger charge is -2.45. The number of amides is 1. The van der Waals surface area contributed by atoms with Gasteiger partial charge in [0.2, 0.25) is 0 Å². The molecule has 0 saturated heterocycles. The van der Waals surface area contributed by atoms with Gasteiger partial charge < -0.3 is 14.7 Å². The lowest BCUT2D eigenvalue weighted by atomic mass is 9.68. The van der Waals surface area contributed by atoms with Crippen LogP contribution in [0.5, 0.6) is 5.75 Å². The summed E-state index contributed by atoms with van der Waals surface area (Å²) in [7, 11) is 0. The maximum absolute atomic E-state index is 13.1. The van der Waals surface area contributed by atoms with Gasteiger partial charge in [-0.15, -0.1) is 0 Å². The van der Waals surface area contributed by atoms with Crippen molar-refractivity contribution in [3.63, 3.8) is 0 Å². The SMILES string of the molecule is C[C@@H]1C/C=C/[C@H](O)[C@@H]2CC[C@H]2CN2C[C@@]3(CCCc4cc(Cl)ccc43)COc3ccc(cc32)C(=O)NSC1. The van der Waals surface area contributed by atoms with Crippen molar-refractivity contribution in [3.8, 4) is 5.75 Å². The highest BCUT2D eigenvalue weighted by atomic mass is 35.5. The highest BCUT2D eigenvalue weighted by Crippen LogP contribution is 2.46. The lowest BCUT2D eigenvalue weighted by Crippen LogP contribution is -2.49. The molecule has 0 unspecified atom stereocenters. The van der Waals surface area contributed by atoms with E-state index in [0.717, 1.165) is 73.8 Å². The van der Waals surface area contributed by atoms with Crippen LogP contribution in [0.4, 0.5) is 5.69 Å². The molecule has 2 aromatic rings. The quantitative estimate of drug-likeness (QED) is 0.302. The minimum Gasteiger partial charge on any atom is -0.490 e. The van der Waals surface area contributed by atoms with E-state index in [-0.39, 0.29) is 17.2 Å². The molecule has 6 rings (SSSR count). The molecule has 2 aliphatic carbocycles. The Kier molecular flexibility index (Phi) is 7.41. The van der Waals surface area contributed by atoms with Gasteiger partial charge in [-0.2, -0.15) is 0 Å². The molecule has 2 heterocycles. The molecule has 4 aliphatic rings. The second-order valence-corrected chi connectivity index (χ2v) is 13.1. The number of rotatable bonds is 0. The molecular weight excluding hydrogens is 516 g/mol. The molecule has 7 heteroatoms. The van der Waals surface area contributed by atoms with E-state index < -0.39 is 6.10 Å². The summed E-state index contributed by atoms with van der Waals surface area (Å²) in [5.74, 6) is 2.65. The zero-order valence-electron chi connectivity index (χ0n) is 22.0. The van der Waals surface area contributed by atoms with Crippen LogP contribution < -0.4 is 14.4 Å². The van der Waals surface area contributed by atoms with E-state index in [1.165, 1.54) is 23.1 Å². The lowest BCUT2D eigenvalue weighted by molar-refractivity contribution is 0.0456. The first-order chi connectivity index (χ1) is 18.4. The molecule has 1 amide bonds. The average Bonchev–Trinajstić information content (AvgIpc) is 3.03. The van der Waals surface area contributed by atoms with E-state index in [1.807, 2.05) is 30.3 Å². The van der Waals surface area contributed by atoms with E-state index in [4.69, 9.17) is 16.3 Å². The molecule has 5 atom stereocenters. The van der Waals surface area contributed by atoms with Gasteiger partial charge in [-0.05, 0) is 110 Å². The number of aryl methyl sites for hydroxylation is 1. The first-order valence-electron chi connectivity index (χ1n) is 14.0. The molecule has 0 aromatic heterocycles. The summed E-state index contributed by atoms with van der Waals surface area (Å²) < 4.78 is 9.61. The summed E-state index contributed by atoms with van der Waals surface area (Å²) in [5, 5.41) is 11.8. The van der Waals surface area contributed by atoms with Crippen molar-refractivity contribution in [1.82, 2.24) is 4.72 Å². The number of halogens is 1. The molecule has 2 aliphatic heterocycles. The number of carbonyl (C=O) groups is 1. The average molecular weight is 553 g/mol. The molecule has 1 spiro atoms. The third kappa shape index (κ3) is 5.07. The van der Waals surface area contributed by atoms with Crippen LogP contribution in [0.25, 0.3) is 0 Å². The highest BCUT2D eigenvalue weighted by molar-refractivity contribution is 7.97. The van der Waals surface area contributed by atoms with Gasteiger partial charge in [0.1, 0.15) is 5.75 Å². The van der Waals surface area contributed by atoms with E-state index in [2.05, 4.69) is 34.8 Å². The Balaban J connectivity index is 1.39. The van der Waals surface area contributed by atoms with Crippen molar-refractivity contribution >= 4 is 35.1 Å². The van der Waals surface area contributed by atoms with Crippen LogP contribution in [0.2, 0.25) is 5.02 Å². The smallest absolute Gasteiger partial charge is 0.261 e. The van der Waals surface area contributed by atoms with Crippen molar-refractivity contribution in [1.29, 1.82) is 0 Å². The molecule has 2 N–H and O–H groups in total. The number of hydrogen-bond acceptors (Lipinski definition) is 5. The zero-order valence-corrected chi connectivity index (χ0v) is 23.6. The Morgan fingerprint density at radius 2 is 2.11 bits per heavy atom. The second kappa shape index (κ2) is 10.8. The second-order valence-electron chi connectivity index (χ2n) is 11.8. The van der Waals surface area contributed by atoms with Crippen LogP contribution in [-0.2, 0) is 11.8 Å². The van der Waals surface area contributed by atoms with Gasteiger partial charge >= 0.3 is 0 Å². The van der Waals surface area contributed by atoms with Gasteiger partial charge in [-0.25, -0.2) is 0 Å². The van der Waals surface area contributed by atoms with Gasteiger partial charge in [0, 0.05) is 34.8 Å². The number of fused-ring (bicyclic) bond motifs is 4. The summed E-state index contributed by atoms with van der Waals surface area (Å²) >= 11 is 7.85. The maximum atomic E-state index is 13.1. The number of ether oxygens (including phenoxy) is 1. The molecule has 38 heavy (non-hydrogen) atoms. The Bertz CT molecular complexity index is 1240. The van der Waals surface area contributed by atoms with E-state index in [9.17, 15) is 9.90 Å². The monoisotopic (exact) mass is 552 g/mol.